The van der Waals surface area contributed by atoms with E-state index in [1.807, 2.05) is 33.0 Å². The third-order valence-corrected chi connectivity index (χ3v) is 5.27. The van der Waals surface area contributed by atoms with Crippen molar-refractivity contribution in [2.75, 3.05) is 27.5 Å². The van der Waals surface area contributed by atoms with Crippen molar-refractivity contribution >= 4 is 5.78 Å². The molecule has 6 nitrogen and oxygen atoms in total. The summed E-state index contributed by atoms with van der Waals surface area (Å²) < 4.78 is 22.4. The molecule has 0 bridgehead atoms. The van der Waals surface area contributed by atoms with Gasteiger partial charge in [0.05, 0.1) is 12.7 Å². The molecule has 0 radical (unpaired) electrons. The van der Waals surface area contributed by atoms with Crippen molar-refractivity contribution in [3.63, 3.8) is 0 Å². The van der Waals surface area contributed by atoms with E-state index in [0.717, 1.165) is 35.6 Å². The zero-order chi connectivity index (χ0) is 18.4. The number of hydrogen-bond donors (Lipinski definition) is 0. The van der Waals surface area contributed by atoms with E-state index in [4.69, 9.17) is 18.6 Å². The normalized spacial score (nSPS) is 18.7. The van der Waals surface area contributed by atoms with Gasteiger partial charge in [0.25, 0.3) is 0 Å². The van der Waals surface area contributed by atoms with Gasteiger partial charge in [0.1, 0.15) is 11.5 Å². The van der Waals surface area contributed by atoms with Gasteiger partial charge < -0.3 is 18.6 Å². The lowest BCUT2D eigenvalue weighted by atomic mass is 9.87. The second kappa shape index (κ2) is 6.36. The Morgan fingerprint density at radius 1 is 1.31 bits per heavy atom. The molecular formula is C20H23NO5. The SMILES string of the molecule is COc1c2c(cc3c1C(CC(=O)c1cc(C)oc1C)N(C)CC3)OCO2. The molecule has 0 amide bonds. The lowest BCUT2D eigenvalue weighted by Gasteiger charge is -2.35. The fourth-order valence-corrected chi connectivity index (χ4v) is 3.98. The van der Waals surface area contributed by atoms with Crippen LogP contribution in [0.3, 0.4) is 0 Å². The highest BCUT2D eigenvalue weighted by Gasteiger charge is 2.35. The standard InChI is InChI=1S/C20H23NO5/c1-11-7-14(12(2)26-11)16(22)9-15-18-13(5-6-21(15)3)8-17-19(20(18)23-4)25-10-24-17/h7-8,15H,5-6,9-10H2,1-4H3. The largest absolute Gasteiger partial charge is 0.492 e. The molecule has 3 heterocycles. The molecule has 2 aromatic rings. The van der Waals surface area contributed by atoms with Crippen LogP contribution in [0.2, 0.25) is 0 Å². The number of furan rings is 1. The minimum absolute atomic E-state index is 0.0729. The fourth-order valence-electron chi connectivity index (χ4n) is 3.98. The van der Waals surface area contributed by atoms with Crippen LogP contribution in [-0.4, -0.2) is 38.2 Å². The summed E-state index contributed by atoms with van der Waals surface area (Å²) in [5.74, 6) is 3.53. The quantitative estimate of drug-likeness (QED) is 0.781. The van der Waals surface area contributed by atoms with Crippen LogP contribution in [0.25, 0.3) is 0 Å². The van der Waals surface area contributed by atoms with E-state index in [9.17, 15) is 4.79 Å². The molecule has 0 N–H and O–H groups in total. The number of methoxy groups -OCH3 is 1. The molecule has 4 rings (SSSR count). The number of rotatable bonds is 4. The zero-order valence-electron chi connectivity index (χ0n) is 15.5. The van der Waals surface area contributed by atoms with Gasteiger partial charge in [-0.25, -0.2) is 0 Å². The predicted octanol–water partition coefficient (Wildman–Crippen LogP) is 3.44. The van der Waals surface area contributed by atoms with E-state index in [1.54, 1.807) is 7.11 Å². The Kier molecular flexibility index (Phi) is 4.15. The first kappa shape index (κ1) is 17.0. The number of carbonyl (C=O) groups excluding carboxylic acids is 1. The van der Waals surface area contributed by atoms with Crippen molar-refractivity contribution in [1.82, 2.24) is 4.90 Å². The molecule has 0 saturated carbocycles. The number of benzene rings is 1. The molecule has 1 unspecified atom stereocenters. The summed E-state index contributed by atoms with van der Waals surface area (Å²) in [4.78, 5) is 15.2. The molecule has 26 heavy (non-hydrogen) atoms. The van der Waals surface area contributed by atoms with Gasteiger partial charge in [-0.2, -0.15) is 0 Å². The molecule has 0 saturated heterocycles. The Balaban J connectivity index is 1.74. The Morgan fingerprint density at radius 2 is 2.12 bits per heavy atom. The Bertz CT molecular complexity index is 870. The predicted molar refractivity (Wildman–Crippen MR) is 95.3 cm³/mol. The summed E-state index contributed by atoms with van der Waals surface area (Å²) in [6.07, 6.45) is 1.24. The van der Waals surface area contributed by atoms with Crippen LogP contribution >= 0.6 is 0 Å². The lowest BCUT2D eigenvalue weighted by Crippen LogP contribution is -2.34. The number of carbonyl (C=O) groups is 1. The molecule has 0 spiro atoms. The van der Waals surface area contributed by atoms with Crippen molar-refractivity contribution in [2.24, 2.45) is 0 Å². The Morgan fingerprint density at radius 3 is 2.81 bits per heavy atom. The molecular weight excluding hydrogens is 334 g/mol. The number of likely N-dealkylation sites (N-methyl/N-ethyl adjacent to an activating group) is 1. The summed E-state index contributed by atoms with van der Waals surface area (Å²) in [6, 6.07) is 3.77. The van der Waals surface area contributed by atoms with E-state index in [0.29, 0.717) is 29.2 Å². The van der Waals surface area contributed by atoms with Crippen LogP contribution in [0.4, 0.5) is 0 Å². The van der Waals surface area contributed by atoms with Gasteiger partial charge in [-0.05, 0) is 45.0 Å². The number of ketones is 1. The highest BCUT2D eigenvalue weighted by molar-refractivity contribution is 5.97. The maximum atomic E-state index is 13.0. The van der Waals surface area contributed by atoms with E-state index in [-0.39, 0.29) is 18.6 Å². The molecule has 1 aromatic heterocycles. The van der Waals surface area contributed by atoms with Crippen LogP contribution < -0.4 is 14.2 Å². The van der Waals surface area contributed by atoms with Gasteiger partial charge in [-0.3, -0.25) is 9.69 Å². The molecule has 6 heteroatoms. The Labute approximate surface area is 152 Å². The van der Waals surface area contributed by atoms with Gasteiger partial charge in [-0.1, -0.05) is 0 Å². The van der Waals surface area contributed by atoms with Crippen molar-refractivity contribution in [3.8, 4) is 17.2 Å². The van der Waals surface area contributed by atoms with Crippen molar-refractivity contribution in [1.29, 1.82) is 0 Å². The van der Waals surface area contributed by atoms with Gasteiger partial charge in [0, 0.05) is 24.6 Å². The van der Waals surface area contributed by atoms with Crippen LogP contribution in [0.15, 0.2) is 16.5 Å². The molecule has 138 valence electrons. The minimum Gasteiger partial charge on any atom is -0.492 e. The molecule has 1 aromatic carbocycles. The third kappa shape index (κ3) is 2.65. The van der Waals surface area contributed by atoms with Crippen LogP contribution in [0.1, 0.15) is 45.5 Å². The number of nitrogens with zero attached hydrogens (tertiary/aromatic N) is 1. The molecule has 2 aliphatic heterocycles. The summed E-state index contributed by atoms with van der Waals surface area (Å²) in [5, 5.41) is 0. The lowest BCUT2D eigenvalue weighted by molar-refractivity contribution is 0.0924. The summed E-state index contributed by atoms with van der Waals surface area (Å²) >= 11 is 0. The summed E-state index contributed by atoms with van der Waals surface area (Å²) in [7, 11) is 3.67. The number of hydrogen-bond acceptors (Lipinski definition) is 6. The first-order valence-electron chi connectivity index (χ1n) is 8.79. The van der Waals surface area contributed by atoms with Crippen molar-refractivity contribution in [2.45, 2.75) is 32.7 Å². The van der Waals surface area contributed by atoms with E-state index < -0.39 is 0 Å². The second-order valence-electron chi connectivity index (χ2n) is 6.92. The van der Waals surface area contributed by atoms with Gasteiger partial charge in [-0.15, -0.1) is 0 Å². The Hall–Kier alpha value is -2.47. The monoisotopic (exact) mass is 357 g/mol. The topological polar surface area (TPSA) is 61.1 Å². The summed E-state index contributed by atoms with van der Waals surface area (Å²) in [5.41, 5.74) is 2.83. The molecule has 0 fully saturated rings. The average Bonchev–Trinajstić information content (AvgIpc) is 3.21. The fraction of sp³-hybridized carbons (Fsp3) is 0.450. The van der Waals surface area contributed by atoms with E-state index >= 15 is 0 Å². The van der Waals surface area contributed by atoms with Gasteiger partial charge >= 0.3 is 0 Å². The maximum Gasteiger partial charge on any atom is 0.231 e. The third-order valence-electron chi connectivity index (χ3n) is 5.27. The number of Topliss-reactive ketones (excluding diaryl/α,β-unsaturated/α-hetero) is 1. The van der Waals surface area contributed by atoms with Gasteiger partial charge in [0.2, 0.25) is 12.5 Å². The molecule has 2 aliphatic rings. The number of aryl methyl sites for hydroxylation is 2. The first-order chi connectivity index (χ1) is 12.5. The highest BCUT2D eigenvalue weighted by atomic mass is 16.7. The van der Waals surface area contributed by atoms with E-state index in [2.05, 4.69) is 4.90 Å². The second-order valence-corrected chi connectivity index (χ2v) is 6.92. The summed E-state index contributed by atoms with van der Waals surface area (Å²) in [6.45, 7) is 4.76. The van der Waals surface area contributed by atoms with Gasteiger partial charge in [0.15, 0.2) is 17.3 Å². The average molecular weight is 357 g/mol. The number of ether oxygens (including phenoxy) is 3. The molecule has 1 atom stereocenters. The van der Waals surface area contributed by atoms with Crippen molar-refractivity contribution in [3.05, 3.63) is 40.3 Å². The highest BCUT2D eigenvalue weighted by Crippen LogP contribution is 2.50. The number of fused-ring (bicyclic) bond motifs is 2. The van der Waals surface area contributed by atoms with E-state index in [1.165, 1.54) is 0 Å². The zero-order valence-corrected chi connectivity index (χ0v) is 15.5. The smallest absolute Gasteiger partial charge is 0.231 e. The first-order valence-corrected chi connectivity index (χ1v) is 8.79. The molecule has 0 aliphatic carbocycles. The van der Waals surface area contributed by atoms with Crippen LogP contribution in [-0.2, 0) is 6.42 Å². The van der Waals surface area contributed by atoms with Crippen molar-refractivity contribution < 1.29 is 23.4 Å². The minimum atomic E-state index is -0.0784. The van der Waals surface area contributed by atoms with Crippen LogP contribution in [0.5, 0.6) is 17.2 Å². The maximum absolute atomic E-state index is 13.0. The van der Waals surface area contributed by atoms with Crippen LogP contribution in [0, 0.1) is 13.8 Å².